The smallest absolute Gasteiger partial charge is 0.425 e. The van der Waals surface area contributed by atoms with E-state index in [-0.39, 0.29) is 19.3 Å². The standard InChI is InChI=1S/C34H40N5O6P/c1-4-14-25(39-30(23-42-5-2)37-31-32(39)28-19-12-13-20-29(28)36-33(31)35)21-22-43-46(41,45-27-17-10-7-11-18-27)38-24(3)34(40)44-26-15-8-6-9-16-26/h6-13,15-20,24-25H,4-5,14,21-23H2,1-3H3,(H2,35,36)(H,38,41)/t24-,25+,46+/m0/s1. The molecule has 2 aromatic heterocycles. The lowest BCUT2D eigenvalue weighted by molar-refractivity contribution is -0.135. The van der Waals surface area contributed by atoms with Crippen molar-refractivity contribution in [3.8, 4) is 11.5 Å². The van der Waals surface area contributed by atoms with Crippen molar-refractivity contribution in [2.45, 2.75) is 58.7 Å². The van der Waals surface area contributed by atoms with E-state index >= 15 is 0 Å². The molecule has 3 aromatic carbocycles. The molecule has 0 aliphatic carbocycles. The number of pyridine rings is 1. The van der Waals surface area contributed by atoms with E-state index in [0.29, 0.717) is 35.9 Å². The Kier molecular flexibility index (Phi) is 11.0. The Balaban J connectivity index is 1.42. The minimum absolute atomic E-state index is 0.0501. The van der Waals surface area contributed by atoms with Gasteiger partial charge in [0.1, 0.15) is 35.5 Å². The maximum Gasteiger partial charge on any atom is 0.459 e. The number of fused-ring (bicyclic) bond motifs is 3. The van der Waals surface area contributed by atoms with Crippen LogP contribution in [0.25, 0.3) is 21.9 Å². The van der Waals surface area contributed by atoms with Gasteiger partial charge in [0.25, 0.3) is 0 Å². The second-order valence-corrected chi connectivity index (χ2v) is 12.5. The number of para-hydroxylation sites is 3. The zero-order valence-corrected chi connectivity index (χ0v) is 27.2. The van der Waals surface area contributed by atoms with Gasteiger partial charge in [-0.3, -0.25) is 4.52 Å². The predicted octanol–water partition coefficient (Wildman–Crippen LogP) is 7.22. The van der Waals surface area contributed by atoms with E-state index in [4.69, 9.17) is 29.2 Å². The van der Waals surface area contributed by atoms with Crippen LogP contribution in [0.2, 0.25) is 0 Å². The highest BCUT2D eigenvalue weighted by atomic mass is 31.2. The van der Waals surface area contributed by atoms with Crippen molar-refractivity contribution in [2.24, 2.45) is 0 Å². The van der Waals surface area contributed by atoms with E-state index in [2.05, 4.69) is 21.6 Å². The summed E-state index contributed by atoms with van der Waals surface area (Å²) in [7, 11) is -4.06. The van der Waals surface area contributed by atoms with Gasteiger partial charge in [0.2, 0.25) is 0 Å². The number of ether oxygens (including phenoxy) is 2. The first-order valence-corrected chi connectivity index (χ1v) is 17.0. The molecule has 3 atom stereocenters. The van der Waals surface area contributed by atoms with Crippen molar-refractivity contribution < 1.29 is 27.9 Å². The molecule has 0 unspecified atom stereocenters. The first-order chi connectivity index (χ1) is 22.3. The zero-order chi connectivity index (χ0) is 32.5. The number of carbonyl (C=O) groups is 1. The van der Waals surface area contributed by atoms with Crippen molar-refractivity contribution in [1.82, 2.24) is 19.6 Å². The van der Waals surface area contributed by atoms with E-state index in [0.717, 1.165) is 35.1 Å². The molecule has 2 heterocycles. The van der Waals surface area contributed by atoms with Gasteiger partial charge in [-0.25, -0.2) is 19.3 Å². The first kappa shape index (κ1) is 33.1. The van der Waals surface area contributed by atoms with E-state index in [1.165, 1.54) is 0 Å². The van der Waals surface area contributed by atoms with E-state index in [1.807, 2.05) is 43.3 Å². The van der Waals surface area contributed by atoms with Crippen LogP contribution in [-0.2, 0) is 25.2 Å². The van der Waals surface area contributed by atoms with Crippen LogP contribution in [0.5, 0.6) is 11.5 Å². The third-order valence-corrected chi connectivity index (χ3v) is 9.07. The number of esters is 1. The number of aromatic nitrogens is 3. The minimum Gasteiger partial charge on any atom is -0.425 e. The number of carbonyl (C=O) groups excluding carboxylic acids is 1. The van der Waals surface area contributed by atoms with E-state index < -0.39 is 19.8 Å². The number of benzene rings is 3. The topological polar surface area (TPSA) is 140 Å². The van der Waals surface area contributed by atoms with Gasteiger partial charge in [0.05, 0.1) is 17.6 Å². The molecule has 3 N–H and O–H groups in total. The molecule has 0 amide bonds. The third kappa shape index (κ3) is 7.92. The van der Waals surface area contributed by atoms with Crippen molar-refractivity contribution in [2.75, 3.05) is 18.9 Å². The van der Waals surface area contributed by atoms with Crippen molar-refractivity contribution in [3.05, 3.63) is 90.8 Å². The van der Waals surface area contributed by atoms with Gasteiger partial charge in [-0.05, 0) is 57.0 Å². The van der Waals surface area contributed by atoms with Crippen LogP contribution in [-0.4, -0.2) is 39.8 Å². The number of nitrogen functional groups attached to an aromatic ring is 1. The SMILES string of the molecule is CCC[C@H](CCO[P@](=O)(N[C@@H](C)C(=O)Oc1ccccc1)Oc1ccccc1)n1c(COCC)nc2c(N)nc3ccccc3c21. The largest absolute Gasteiger partial charge is 0.459 e. The Morgan fingerprint density at radius 1 is 0.935 bits per heavy atom. The zero-order valence-electron chi connectivity index (χ0n) is 26.3. The molecule has 5 rings (SSSR count). The fourth-order valence-electron chi connectivity index (χ4n) is 5.30. The molecule has 0 spiro atoms. The van der Waals surface area contributed by atoms with Gasteiger partial charge < -0.3 is 24.3 Å². The molecule has 46 heavy (non-hydrogen) atoms. The van der Waals surface area contributed by atoms with Crippen LogP contribution in [0.3, 0.4) is 0 Å². The minimum atomic E-state index is -4.06. The number of anilines is 1. The van der Waals surface area contributed by atoms with E-state index in [9.17, 15) is 9.36 Å². The summed E-state index contributed by atoms with van der Waals surface area (Å²) >= 11 is 0. The Morgan fingerprint density at radius 2 is 1.61 bits per heavy atom. The average Bonchev–Trinajstić information content (AvgIpc) is 3.44. The number of nitrogens with zero attached hydrogens (tertiary/aromatic N) is 3. The van der Waals surface area contributed by atoms with Crippen LogP contribution >= 0.6 is 7.75 Å². The van der Waals surface area contributed by atoms with Gasteiger partial charge in [-0.1, -0.05) is 67.9 Å². The molecule has 11 nitrogen and oxygen atoms in total. The van der Waals surface area contributed by atoms with Crippen LogP contribution in [0.15, 0.2) is 84.9 Å². The lowest BCUT2D eigenvalue weighted by atomic mass is 10.1. The highest BCUT2D eigenvalue weighted by Gasteiger charge is 2.33. The molecule has 0 saturated carbocycles. The Hall–Kier alpha value is -4.28. The van der Waals surface area contributed by atoms with Crippen LogP contribution in [0, 0.1) is 0 Å². The second-order valence-electron chi connectivity index (χ2n) is 10.8. The number of imidazole rings is 1. The number of rotatable bonds is 16. The van der Waals surface area contributed by atoms with Gasteiger partial charge in [0, 0.05) is 18.0 Å². The van der Waals surface area contributed by atoms with E-state index in [1.54, 1.807) is 55.5 Å². The second kappa shape index (κ2) is 15.3. The Bertz CT molecular complexity index is 1800. The molecule has 0 radical (unpaired) electrons. The highest BCUT2D eigenvalue weighted by molar-refractivity contribution is 7.52. The molecule has 242 valence electrons. The van der Waals surface area contributed by atoms with Crippen molar-refractivity contribution in [1.29, 1.82) is 0 Å². The molecule has 0 fully saturated rings. The fourth-order valence-corrected chi connectivity index (χ4v) is 6.80. The number of nitrogens with two attached hydrogens (primary N) is 1. The van der Waals surface area contributed by atoms with Gasteiger partial charge in [-0.15, -0.1) is 0 Å². The predicted molar refractivity (Wildman–Crippen MR) is 179 cm³/mol. The summed E-state index contributed by atoms with van der Waals surface area (Å²) < 4.78 is 39.5. The average molecular weight is 646 g/mol. The van der Waals surface area contributed by atoms with Crippen LogP contribution in [0.4, 0.5) is 5.82 Å². The molecule has 0 bridgehead atoms. The van der Waals surface area contributed by atoms with Gasteiger partial charge in [-0.2, -0.15) is 5.09 Å². The lowest BCUT2D eigenvalue weighted by Crippen LogP contribution is -2.36. The number of hydrogen-bond acceptors (Lipinski definition) is 9. The third-order valence-electron chi connectivity index (χ3n) is 7.40. The molecule has 0 aliphatic heterocycles. The Morgan fingerprint density at radius 3 is 2.30 bits per heavy atom. The number of hydrogen-bond donors (Lipinski definition) is 2. The molecule has 12 heteroatoms. The summed E-state index contributed by atoms with van der Waals surface area (Å²) in [5.74, 6) is 1.15. The summed E-state index contributed by atoms with van der Waals surface area (Å²) in [4.78, 5) is 22.4. The van der Waals surface area contributed by atoms with Crippen molar-refractivity contribution >= 4 is 41.5 Å². The monoisotopic (exact) mass is 645 g/mol. The summed E-state index contributed by atoms with van der Waals surface area (Å²) in [5, 5.41) is 3.70. The molecule has 5 aromatic rings. The quantitative estimate of drug-likeness (QED) is 0.0642. The van der Waals surface area contributed by atoms with Crippen LogP contribution < -0.4 is 20.1 Å². The Labute approximate surface area is 268 Å². The highest BCUT2D eigenvalue weighted by Crippen LogP contribution is 2.45. The maximum absolute atomic E-state index is 14.2. The summed E-state index contributed by atoms with van der Waals surface area (Å²) in [6, 6.07) is 24.1. The van der Waals surface area contributed by atoms with Gasteiger partial charge in [0.15, 0.2) is 5.82 Å². The molecular weight excluding hydrogens is 605 g/mol. The van der Waals surface area contributed by atoms with Crippen molar-refractivity contribution in [3.63, 3.8) is 0 Å². The molecular formula is C34H40N5O6P. The van der Waals surface area contributed by atoms with Crippen LogP contribution in [0.1, 0.15) is 51.9 Å². The first-order valence-electron chi connectivity index (χ1n) is 15.5. The molecule has 0 aliphatic rings. The maximum atomic E-state index is 14.2. The normalized spacial score (nSPS) is 14.2. The fraction of sp³-hybridized carbons (Fsp3) is 0.324. The lowest BCUT2D eigenvalue weighted by Gasteiger charge is -2.25. The number of nitrogens with one attached hydrogen (secondary N) is 1. The summed E-state index contributed by atoms with van der Waals surface area (Å²) in [6.07, 6.45) is 2.11. The van der Waals surface area contributed by atoms with Gasteiger partial charge >= 0.3 is 13.7 Å². The summed E-state index contributed by atoms with van der Waals surface area (Å²) in [6.45, 7) is 6.46. The summed E-state index contributed by atoms with van der Waals surface area (Å²) in [5.41, 5.74) is 8.66. The molecule has 0 saturated heterocycles.